The van der Waals surface area contributed by atoms with Crippen molar-refractivity contribution in [1.29, 1.82) is 0 Å². The van der Waals surface area contributed by atoms with Gasteiger partial charge in [-0.1, -0.05) is 18.2 Å². The van der Waals surface area contributed by atoms with Crippen LogP contribution in [-0.2, 0) is 4.79 Å². The number of carbonyl (C=O) groups is 1. The quantitative estimate of drug-likeness (QED) is 0.905. The zero-order valence-electron chi connectivity index (χ0n) is 12.4. The zero-order valence-corrected chi connectivity index (χ0v) is 12.4. The van der Waals surface area contributed by atoms with Gasteiger partial charge in [-0.15, -0.1) is 0 Å². The average Bonchev–Trinajstić information content (AvgIpc) is 2.88. The number of aryl methyl sites for hydroxylation is 2. The minimum Gasteiger partial charge on any atom is -0.324 e. The molecule has 1 amide bonds. The predicted molar refractivity (Wildman–Crippen MR) is 79.4 cm³/mol. The maximum absolute atomic E-state index is 12.6. The van der Waals surface area contributed by atoms with Gasteiger partial charge in [-0.25, -0.2) is 0 Å². The minimum atomic E-state index is -0.439. The van der Waals surface area contributed by atoms with Crippen molar-refractivity contribution in [3.8, 4) is 0 Å². The molecule has 0 aliphatic carbocycles. The molecule has 1 aliphatic heterocycles. The standard InChI is InChI=1S/C16H24N2O/c1-12-8-7-9-13(2)14(12)17-15(19)16(3,4)18-10-5-6-11-18/h7-9H,5-6,10-11H2,1-4H3,(H,17,19). The number of anilines is 1. The van der Waals surface area contributed by atoms with E-state index < -0.39 is 5.54 Å². The number of nitrogens with one attached hydrogen (secondary N) is 1. The summed E-state index contributed by atoms with van der Waals surface area (Å²) in [6, 6.07) is 6.09. The van der Waals surface area contributed by atoms with Crippen LogP contribution in [0.2, 0.25) is 0 Å². The van der Waals surface area contributed by atoms with Gasteiger partial charge in [-0.3, -0.25) is 9.69 Å². The van der Waals surface area contributed by atoms with Gasteiger partial charge in [0.05, 0.1) is 5.54 Å². The van der Waals surface area contributed by atoms with E-state index in [0.717, 1.165) is 29.9 Å². The number of benzene rings is 1. The molecule has 2 rings (SSSR count). The fourth-order valence-corrected chi connectivity index (χ4v) is 2.70. The minimum absolute atomic E-state index is 0.0896. The summed E-state index contributed by atoms with van der Waals surface area (Å²) in [6.45, 7) is 10.1. The molecule has 3 nitrogen and oxygen atoms in total. The smallest absolute Gasteiger partial charge is 0.244 e. The first kappa shape index (κ1) is 14.1. The van der Waals surface area contributed by atoms with Crippen LogP contribution in [0.4, 0.5) is 5.69 Å². The van der Waals surface area contributed by atoms with Gasteiger partial charge in [0, 0.05) is 5.69 Å². The van der Waals surface area contributed by atoms with Gasteiger partial charge in [-0.2, -0.15) is 0 Å². The van der Waals surface area contributed by atoms with Crippen LogP contribution in [0.25, 0.3) is 0 Å². The number of hydrogen-bond donors (Lipinski definition) is 1. The van der Waals surface area contributed by atoms with E-state index >= 15 is 0 Å². The highest BCUT2D eigenvalue weighted by Crippen LogP contribution is 2.25. The lowest BCUT2D eigenvalue weighted by Crippen LogP contribution is -2.51. The topological polar surface area (TPSA) is 32.3 Å². The first-order valence-electron chi connectivity index (χ1n) is 7.05. The van der Waals surface area contributed by atoms with Crippen molar-refractivity contribution >= 4 is 11.6 Å². The van der Waals surface area contributed by atoms with E-state index in [1.807, 2.05) is 45.9 Å². The zero-order chi connectivity index (χ0) is 14.0. The van der Waals surface area contributed by atoms with Gasteiger partial charge in [0.2, 0.25) is 5.91 Å². The Labute approximate surface area is 116 Å². The molecular weight excluding hydrogens is 236 g/mol. The molecule has 1 fully saturated rings. The van der Waals surface area contributed by atoms with Crippen LogP contribution in [0.3, 0.4) is 0 Å². The molecule has 1 aliphatic rings. The SMILES string of the molecule is Cc1cccc(C)c1NC(=O)C(C)(C)N1CCCC1. The molecule has 1 N–H and O–H groups in total. The second kappa shape index (κ2) is 5.33. The third-order valence-electron chi connectivity index (χ3n) is 4.17. The van der Waals surface area contributed by atoms with E-state index in [-0.39, 0.29) is 5.91 Å². The third-order valence-corrected chi connectivity index (χ3v) is 4.17. The molecule has 3 heteroatoms. The third kappa shape index (κ3) is 2.81. The summed E-state index contributed by atoms with van der Waals surface area (Å²) in [5, 5.41) is 3.12. The fraction of sp³-hybridized carbons (Fsp3) is 0.562. The van der Waals surface area contributed by atoms with Crippen molar-refractivity contribution < 1.29 is 4.79 Å². The van der Waals surface area contributed by atoms with E-state index in [1.54, 1.807) is 0 Å². The van der Waals surface area contributed by atoms with E-state index in [2.05, 4.69) is 10.2 Å². The summed E-state index contributed by atoms with van der Waals surface area (Å²) in [7, 11) is 0. The second-order valence-electron chi connectivity index (χ2n) is 5.97. The molecule has 0 aromatic heterocycles. The van der Waals surface area contributed by atoms with Crippen LogP contribution in [0, 0.1) is 13.8 Å². The van der Waals surface area contributed by atoms with Crippen LogP contribution >= 0.6 is 0 Å². The molecule has 1 heterocycles. The van der Waals surface area contributed by atoms with Crippen molar-refractivity contribution in [3.05, 3.63) is 29.3 Å². The summed E-state index contributed by atoms with van der Waals surface area (Å²) in [4.78, 5) is 14.8. The van der Waals surface area contributed by atoms with Gasteiger partial charge in [-0.05, 0) is 64.8 Å². The number of nitrogens with zero attached hydrogens (tertiary/aromatic N) is 1. The summed E-state index contributed by atoms with van der Waals surface area (Å²) in [6.07, 6.45) is 2.39. The molecule has 0 atom stereocenters. The lowest BCUT2D eigenvalue weighted by atomic mass is 10.0. The molecule has 0 radical (unpaired) electrons. The number of carbonyl (C=O) groups excluding carboxylic acids is 1. The first-order valence-corrected chi connectivity index (χ1v) is 7.05. The summed E-state index contributed by atoms with van der Waals surface area (Å²) in [5.41, 5.74) is 2.75. The Morgan fingerprint density at radius 2 is 1.68 bits per heavy atom. The second-order valence-corrected chi connectivity index (χ2v) is 5.97. The van der Waals surface area contributed by atoms with E-state index in [0.29, 0.717) is 0 Å². The average molecular weight is 260 g/mol. The van der Waals surface area contributed by atoms with Crippen LogP contribution < -0.4 is 5.32 Å². The van der Waals surface area contributed by atoms with Crippen molar-refractivity contribution in [2.45, 2.75) is 46.1 Å². The molecule has 1 aromatic carbocycles. The number of likely N-dealkylation sites (tertiary alicyclic amines) is 1. The van der Waals surface area contributed by atoms with Crippen molar-refractivity contribution in [2.75, 3.05) is 18.4 Å². The molecule has 1 aromatic rings. The Kier molecular flexibility index (Phi) is 3.95. The van der Waals surface area contributed by atoms with Gasteiger partial charge in [0.25, 0.3) is 0 Å². The van der Waals surface area contributed by atoms with Crippen molar-refractivity contribution in [2.24, 2.45) is 0 Å². The molecule has 0 saturated carbocycles. The van der Waals surface area contributed by atoms with Crippen molar-refractivity contribution in [1.82, 2.24) is 4.90 Å². The monoisotopic (exact) mass is 260 g/mol. The summed E-state index contributed by atoms with van der Waals surface area (Å²) < 4.78 is 0. The van der Waals surface area contributed by atoms with Crippen LogP contribution in [0.1, 0.15) is 37.8 Å². The Hall–Kier alpha value is -1.35. The van der Waals surface area contributed by atoms with Crippen LogP contribution in [0.15, 0.2) is 18.2 Å². The van der Waals surface area contributed by atoms with E-state index in [1.165, 1.54) is 12.8 Å². The first-order chi connectivity index (χ1) is 8.93. The van der Waals surface area contributed by atoms with Gasteiger partial charge in [0.1, 0.15) is 0 Å². The molecule has 19 heavy (non-hydrogen) atoms. The molecule has 0 bridgehead atoms. The lowest BCUT2D eigenvalue weighted by molar-refractivity contribution is -0.125. The maximum Gasteiger partial charge on any atom is 0.244 e. The number of hydrogen-bond acceptors (Lipinski definition) is 2. The highest BCUT2D eigenvalue weighted by molar-refractivity contribution is 5.98. The van der Waals surface area contributed by atoms with Gasteiger partial charge in [0.15, 0.2) is 0 Å². The predicted octanol–water partition coefficient (Wildman–Crippen LogP) is 3.12. The van der Waals surface area contributed by atoms with Gasteiger partial charge < -0.3 is 5.32 Å². The van der Waals surface area contributed by atoms with Gasteiger partial charge >= 0.3 is 0 Å². The maximum atomic E-state index is 12.6. The molecule has 1 saturated heterocycles. The number of rotatable bonds is 3. The normalized spacial score (nSPS) is 16.6. The molecule has 0 spiro atoms. The largest absolute Gasteiger partial charge is 0.324 e. The Bertz CT molecular complexity index is 453. The lowest BCUT2D eigenvalue weighted by Gasteiger charge is -2.34. The van der Waals surface area contributed by atoms with Crippen LogP contribution in [0.5, 0.6) is 0 Å². The number of amides is 1. The number of para-hydroxylation sites is 1. The van der Waals surface area contributed by atoms with E-state index in [4.69, 9.17) is 0 Å². The Morgan fingerprint density at radius 3 is 2.21 bits per heavy atom. The molecular formula is C16H24N2O. The van der Waals surface area contributed by atoms with E-state index in [9.17, 15) is 4.79 Å². The highest BCUT2D eigenvalue weighted by Gasteiger charge is 2.36. The molecule has 0 unspecified atom stereocenters. The Balaban J connectivity index is 2.16. The summed E-state index contributed by atoms with van der Waals surface area (Å²) in [5.74, 6) is 0.0896. The van der Waals surface area contributed by atoms with Crippen LogP contribution in [-0.4, -0.2) is 29.4 Å². The molecule has 104 valence electrons. The highest BCUT2D eigenvalue weighted by atomic mass is 16.2. The van der Waals surface area contributed by atoms with Crippen molar-refractivity contribution in [3.63, 3.8) is 0 Å². The Morgan fingerprint density at radius 1 is 1.16 bits per heavy atom. The summed E-state index contributed by atoms with van der Waals surface area (Å²) >= 11 is 0. The fourth-order valence-electron chi connectivity index (χ4n) is 2.70.